The van der Waals surface area contributed by atoms with Gasteiger partial charge in [-0.15, -0.1) is 0 Å². The van der Waals surface area contributed by atoms with Gasteiger partial charge in [-0.3, -0.25) is 14.5 Å². The van der Waals surface area contributed by atoms with Crippen LogP contribution in [0.1, 0.15) is 68.5 Å². The van der Waals surface area contributed by atoms with E-state index in [1.165, 1.54) is 4.90 Å². The summed E-state index contributed by atoms with van der Waals surface area (Å²) in [5, 5.41) is 11.8. The molecule has 7 heteroatoms. The number of hydrogen-bond donors (Lipinski definition) is 2. The van der Waals surface area contributed by atoms with E-state index in [0.717, 1.165) is 22.2 Å². The number of hydrogen-bond acceptors (Lipinski definition) is 5. The lowest BCUT2D eigenvalue weighted by Crippen LogP contribution is -2.30. The number of amides is 1. The van der Waals surface area contributed by atoms with Crippen LogP contribution in [-0.4, -0.2) is 32.9 Å². The van der Waals surface area contributed by atoms with Gasteiger partial charge in [0.1, 0.15) is 11.5 Å². The number of ether oxygens (including phenoxy) is 1. The van der Waals surface area contributed by atoms with Crippen molar-refractivity contribution in [1.29, 1.82) is 0 Å². The highest BCUT2D eigenvalue weighted by molar-refractivity contribution is 6.51. The Morgan fingerprint density at radius 3 is 2.35 bits per heavy atom. The second-order valence-electron chi connectivity index (χ2n) is 11.8. The molecule has 4 aromatic rings. The Balaban J connectivity index is 1.72. The van der Waals surface area contributed by atoms with Crippen molar-refractivity contribution < 1.29 is 19.4 Å². The van der Waals surface area contributed by atoms with Crippen molar-refractivity contribution >= 4 is 34.4 Å². The zero-order chi connectivity index (χ0) is 28.9. The number of carbonyl (C=O) groups is 2. The Morgan fingerprint density at radius 2 is 1.70 bits per heavy atom. The third kappa shape index (κ3) is 4.88. The van der Waals surface area contributed by atoms with Crippen molar-refractivity contribution in [2.75, 3.05) is 4.90 Å². The molecule has 1 fully saturated rings. The minimum Gasteiger partial charge on any atom is -0.507 e. The Morgan fingerprint density at radius 1 is 1.00 bits per heavy atom. The highest BCUT2D eigenvalue weighted by Gasteiger charge is 2.48. The Hall–Kier alpha value is -4.39. The van der Waals surface area contributed by atoms with Crippen molar-refractivity contribution in [3.8, 4) is 5.75 Å². The number of ketones is 1. The van der Waals surface area contributed by atoms with Gasteiger partial charge in [0, 0.05) is 5.56 Å². The lowest BCUT2D eigenvalue weighted by molar-refractivity contribution is -0.132. The van der Waals surface area contributed by atoms with E-state index in [1.54, 1.807) is 0 Å². The molecular weight excluding hydrogens is 502 g/mol. The average Bonchev–Trinajstić information content (AvgIpc) is 3.41. The molecular formula is C33H35N3O4. The van der Waals surface area contributed by atoms with Gasteiger partial charge < -0.3 is 14.8 Å². The molecule has 3 aromatic carbocycles. The Kier molecular flexibility index (Phi) is 6.78. The Labute approximate surface area is 234 Å². The minimum absolute atomic E-state index is 0.00596. The average molecular weight is 538 g/mol. The molecule has 1 aliphatic heterocycles. The van der Waals surface area contributed by atoms with Crippen LogP contribution in [0, 0.1) is 13.8 Å². The zero-order valence-electron chi connectivity index (χ0n) is 24.0. The molecule has 0 aliphatic carbocycles. The molecule has 0 radical (unpaired) electrons. The standard InChI is InChI=1S/C33H35N3O4/c1-18(2)40-23-13-10-21(11-14-23)28-27(29(37)24-17-22(33(5,6)7)12-9-20(24)4)30(38)31(39)36(28)32-34-25-15-8-19(3)16-26(25)35-32/h8-18,28,37H,1-7H3,(H,34,35)/b29-27+. The first kappa shape index (κ1) is 27.2. The minimum atomic E-state index is -0.896. The first-order chi connectivity index (χ1) is 18.8. The second-order valence-corrected chi connectivity index (χ2v) is 11.8. The van der Waals surface area contributed by atoms with Crippen LogP contribution in [-0.2, 0) is 15.0 Å². The fourth-order valence-corrected chi connectivity index (χ4v) is 5.08. The number of nitrogens with zero attached hydrogens (tertiary/aromatic N) is 2. The van der Waals surface area contributed by atoms with Gasteiger partial charge in [-0.1, -0.05) is 51.1 Å². The van der Waals surface area contributed by atoms with Gasteiger partial charge in [-0.2, -0.15) is 0 Å². The number of aromatic nitrogens is 2. The van der Waals surface area contributed by atoms with E-state index in [0.29, 0.717) is 22.4 Å². The summed E-state index contributed by atoms with van der Waals surface area (Å²) in [6, 6.07) is 18.0. The first-order valence-electron chi connectivity index (χ1n) is 13.5. The molecule has 0 spiro atoms. The number of aliphatic hydroxyl groups excluding tert-OH is 1. The molecule has 0 saturated carbocycles. The number of nitrogens with one attached hydrogen (secondary N) is 1. The third-order valence-electron chi connectivity index (χ3n) is 7.22. The van der Waals surface area contributed by atoms with Gasteiger partial charge in [0.2, 0.25) is 5.95 Å². The summed E-state index contributed by atoms with van der Waals surface area (Å²) < 4.78 is 5.81. The molecule has 1 amide bonds. The fourth-order valence-electron chi connectivity index (χ4n) is 5.08. The maximum Gasteiger partial charge on any atom is 0.302 e. The quantitative estimate of drug-likeness (QED) is 0.164. The van der Waals surface area contributed by atoms with E-state index >= 15 is 0 Å². The molecule has 206 valence electrons. The van der Waals surface area contributed by atoms with Crippen LogP contribution in [0.2, 0.25) is 0 Å². The Bertz CT molecular complexity index is 1660. The second kappa shape index (κ2) is 9.97. The van der Waals surface area contributed by atoms with Crippen molar-refractivity contribution in [3.63, 3.8) is 0 Å². The fraction of sp³-hybridized carbons (Fsp3) is 0.303. The maximum absolute atomic E-state index is 13.7. The zero-order valence-corrected chi connectivity index (χ0v) is 24.0. The summed E-state index contributed by atoms with van der Waals surface area (Å²) in [5.41, 5.74) is 5.30. The van der Waals surface area contributed by atoms with Crippen molar-refractivity contribution in [2.45, 2.75) is 66.0 Å². The van der Waals surface area contributed by atoms with Gasteiger partial charge in [0.15, 0.2) is 0 Å². The first-order valence-corrected chi connectivity index (χ1v) is 13.5. The van der Waals surface area contributed by atoms with Crippen LogP contribution in [0.5, 0.6) is 5.75 Å². The van der Waals surface area contributed by atoms with E-state index in [2.05, 4.69) is 30.7 Å². The van der Waals surface area contributed by atoms with E-state index in [4.69, 9.17) is 4.74 Å². The lowest BCUT2D eigenvalue weighted by Gasteiger charge is -2.24. The van der Waals surface area contributed by atoms with Crippen LogP contribution in [0.3, 0.4) is 0 Å². The monoisotopic (exact) mass is 537 g/mol. The molecule has 0 bridgehead atoms. The summed E-state index contributed by atoms with van der Waals surface area (Å²) in [4.78, 5) is 36.6. The van der Waals surface area contributed by atoms with E-state index < -0.39 is 17.7 Å². The van der Waals surface area contributed by atoms with Crippen LogP contribution in [0.25, 0.3) is 16.8 Å². The molecule has 1 saturated heterocycles. The number of H-pyrrole nitrogens is 1. The number of imidazole rings is 1. The summed E-state index contributed by atoms with van der Waals surface area (Å²) in [6.07, 6.45) is -0.00596. The predicted octanol–water partition coefficient (Wildman–Crippen LogP) is 6.89. The molecule has 1 aliphatic rings. The number of anilines is 1. The third-order valence-corrected chi connectivity index (χ3v) is 7.22. The van der Waals surface area contributed by atoms with E-state index in [9.17, 15) is 14.7 Å². The highest BCUT2D eigenvalue weighted by Crippen LogP contribution is 2.43. The summed E-state index contributed by atoms with van der Waals surface area (Å²) in [7, 11) is 0. The number of Topliss-reactive ketones (excluding diaryl/α,β-unsaturated/α-hetero) is 1. The van der Waals surface area contributed by atoms with Crippen molar-refractivity contribution in [3.05, 3.63) is 94.1 Å². The predicted molar refractivity (Wildman–Crippen MR) is 158 cm³/mol. The van der Waals surface area contributed by atoms with Gasteiger partial charge in [-0.05, 0) is 85.7 Å². The van der Waals surface area contributed by atoms with E-state index in [1.807, 2.05) is 88.4 Å². The SMILES string of the molecule is Cc1ccc2nc(N3C(=O)C(=O)/C(=C(/O)c4cc(C(C)(C)C)ccc4C)C3c3ccc(OC(C)C)cc3)[nH]c2c1. The molecule has 40 heavy (non-hydrogen) atoms. The van der Waals surface area contributed by atoms with Gasteiger partial charge in [0.25, 0.3) is 5.78 Å². The topological polar surface area (TPSA) is 95.5 Å². The number of carbonyl (C=O) groups excluding carboxylic acids is 2. The van der Waals surface area contributed by atoms with Crippen LogP contribution in [0.15, 0.2) is 66.2 Å². The highest BCUT2D eigenvalue weighted by atomic mass is 16.5. The van der Waals surface area contributed by atoms with Gasteiger partial charge >= 0.3 is 5.91 Å². The maximum atomic E-state index is 13.7. The summed E-state index contributed by atoms with van der Waals surface area (Å²) in [5.74, 6) is -0.807. The molecule has 1 unspecified atom stereocenters. The number of fused-ring (bicyclic) bond motifs is 1. The number of aromatic amines is 1. The molecule has 2 heterocycles. The lowest BCUT2D eigenvalue weighted by atomic mass is 9.84. The van der Waals surface area contributed by atoms with Crippen molar-refractivity contribution in [2.24, 2.45) is 0 Å². The van der Waals surface area contributed by atoms with Crippen LogP contribution in [0.4, 0.5) is 5.95 Å². The molecule has 7 nitrogen and oxygen atoms in total. The number of benzene rings is 3. The van der Waals surface area contributed by atoms with Crippen LogP contribution >= 0.6 is 0 Å². The largest absolute Gasteiger partial charge is 0.507 e. The van der Waals surface area contributed by atoms with Gasteiger partial charge in [-0.25, -0.2) is 4.98 Å². The van der Waals surface area contributed by atoms with Crippen molar-refractivity contribution in [1.82, 2.24) is 9.97 Å². The number of rotatable bonds is 5. The van der Waals surface area contributed by atoms with E-state index in [-0.39, 0.29) is 28.8 Å². The summed E-state index contributed by atoms with van der Waals surface area (Å²) in [6.45, 7) is 14.0. The normalized spacial score (nSPS) is 17.3. The smallest absolute Gasteiger partial charge is 0.302 e. The molecule has 1 aromatic heterocycles. The number of aryl methyl sites for hydroxylation is 2. The molecule has 1 atom stereocenters. The van der Waals surface area contributed by atoms with Crippen LogP contribution < -0.4 is 9.64 Å². The molecule has 2 N–H and O–H groups in total. The number of aliphatic hydroxyl groups is 1. The molecule has 5 rings (SSSR count). The van der Waals surface area contributed by atoms with Gasteiger partial charge in [0.05, 0.1) is 28.8 Å². The summed E-state index contributed by atoms with van der Waals surface area (Å²) >= 11 is 0.